The van der Waals surface area contributed by atoms with Crippen molar-refractivity contribution in [3.63, 3.8) is 0 Å². The monoisotopic (exact) mass is 264 g/mol. The highest BCUT2D eigenvalue weighted by atomic mass is 16.4. The van der Waals surface area contributed by atoms with Crippen molar-refractivity contribution < 1.29 is 14.7 Å². The van der Waals surface area contributed by atoms with E-state index in [4.69, 9.17) is 10.8 Å². The Bertz CT molecular complexity index is 441. The van der Waals surface area contributed by atoms with Crippen molar-refractivity contribution in [3.8, 4) is 0 Å². The highest BCUT2D eigenvalue weighted by molar-refractivity contribution is 5.91. The lowest BCUT2D eigenvalue weighted by molar-refractivity contribution is -0.136. The molecule has 0 aliphatic heterocycles. The molecular weight excluding hydrogens is 244 g/mol. The lowest BCUT2D eigenvalue weighted by atomic mass is 10.0. The molecule has 4 N–H and O–H groups in total. The van der Waals surface area contributed by atoms with Gasteiger partial charge in [-0.15, -0.1) is 0 Å². The number of amides is 1. The predicted molar refractivity (Wildman–Crippen MR) is 73.8 cm³/mol. The van der Waals surface area contributed by atoms with Gasteiger partial charge in [0.15, 0.2) is 0 Å². The Morgan fingerprint density at radius 2 is 1.84 bits per heavy atom. The molecule has 1 aromatic rings. The van der Waals surface area contributed by atoms with Gasteiger partial charge in [0.25, 0.3) is 0 Å². The quantitative estimate of drug-likeness (QED) is 0.728. The molecular formula is C14H20N2O3. The first kappa shape index (κ1) is 15.2. The van der Waals surface area contributed by atoms with E-state index in [9.17, 15) is 9.59 Å². The van der Waals surface area contributed by atoms with Crippen molar-refractivity contribution in [1.82, 2.24) is 0 Å². The third-order valence-electron chi connectivity index (χ3n) is 2.87. The summed E-state index contributed by atoms with van der Waals surface area (Å²) < 4.78 is 0. The molecule has 104 valence electrons. The molecule has 5 heteroatoms. The second kappa shape index (κ2) is 6.89. The fourth-order valence-electron chi connectivity index (χ4n) is 1.54. The summed E-state index contributed by atoms with van der Waals surface area (Å²) in [6.45, 7) is 3.94. The van der Waals surface area contributed by atoms with E-state index in [1.165, 1.54) is 0 Å². The number of carbonyl (C=O) groups is 2. The van der Waals surface area contributed by atoms with E-state index in [2.05, 4.69) is 5.32 Å². The average Bonchev–Trinajstić information content (AvgIpc) is 2.30. The number of nitrogens with one attached hydrogen (secondary N) is 1. The average molecular weight is 264 g/mol. The number of rotatable bonds is 6. The van der Waals surface area contributed by atoms with Gasteiger partial charge >= 0.3 is 5.97 Å². The third-order valence-corrected chi connectivity index (χ3v) is 2.87. The van der Waals surface area contributed by atoms with Gasteiger partial charge in [-0.05, 0) is 23.6 Å². The summed E-state index contributed by atoms with van der Waals surface area (Å²) in [6, 6.07) is 6.60. The number of carbonyl (C=O) groups excluding carboxylic acids is 1. The molecule has 0 saturated carbocycles. The van der Waals surface area contributed by atoms with E-state index in [-0.39, 0.29) is 30.7 Å². The Kier molecular flexibility index (Phi) is 5.51. The maximum atomic E-state index is 11.7. The number of nitrogens with two attached hydrogens (primary N) is 1. The summed E-state index contributed by atoms with van der Waals surface area (Å²) >= 11 is 0. The van der Waals surface area contributed by atoms with Crippen molar-refractivity contribution in [3.05, 3.63) is 29.8 Å². The summed E-state index contributed by atoms with van der Waals surface area (Å²) in [7, 11) is 0. The van der Waals surface area contributed by atoms with Crippen LogP contribution in [0.15, 0.2) is 24.3 Å². The number of carboxylic acid groups (broad SMARTS) is 1. The van der Waals surface area contributed by atoms with Crippen molar-refractivity contribution in [2.24, 2.45) is 11.7 Å². The third kappa shape index (κ3) is 5.52. The van der Waals surface area contributed by atoms with Gasteiger partial charge in [0.2, 0.25) is 5.91 Å². The van der Waals surface area contributed by atoms with E-state index in [1.807, 2.05) is 13.8 Å². The fourth-order valence-corrected chi connectivity index (χ4v) is 1.54. The van der Waals surface area contributed by atoms with Crippen LogP contribution in [0.4, 0.5) is 5.69 Å². The number of hydrogen-bond donors (Lipinski definition) is 3. The maximum absolute atomic E-state index is 11.7. The Labute approximate surface area is 112 Å². The van der Waals surface area contributed by atoms with Crippen LogP contribution in [0.1, 0.15) is 25.8 Å². The highest BCUT2D eigenvalue weighted by Gasteiger charge is 2.13. The normalized spacial score (nSPS) is 12.2. The van der Waals surface area contributed by atoms with Crippen LogP contribution in [0.2, 0.25) is 0 Å². The standard InChI is InChI=1S/C14H20N2O3/c1-9(2)12(15)8-13(17)16-11-5-3-10(4-6-11)7-14(18)19/h3-6,9,12H,7-8,15H2,1-2H3,(H,16,17)(H,18,19). The molecule has 1 amide bonds. The zero-order valence-electron chi connectivity index (χ0n) is 11.2. The maximum Gasteiger partial charge on any atom is 0.307 e. The minimum atomic E-state index is -0.875. The molecule has 0 saturated heterocycles. The van der Waals surface area contributed by atoms with E-state index in [0.717, 1.165) is 0 Å². The SMILES string of the molecule is CC(C)C(N)CC(=O)Nc1ccc(CC(=O)O)cc1. The van der Waals surface area contributed by atoms with Crippen LogP contribution < -0.4 is 11.1 Å². The van der Waals surface area contributed by atoms with Gasteiger partial charge in [0, 0.05) is 18.2 Å². The van der Waals surface area contributed by atoms with Crippen LogP contribution in [0.3, 0.4) is 0 Å². The Morgan fingerprint density at radius 3 is 2.32 bits per heavy atom. The second-order valence-electron chi connectivity index (χ2n) is 4.93. The predicted octanol–water partition coefficient (Wildman–Crippen LogP) is 1.63. The number of carboxylic acids is 1. The van der Waals surface area contributed by atoms with Gasteiger partial charge in [-0.3, -0.25) is 9.59 Å². The molecule has 0 aliphatic rings. The Balaban J connectivity index is 2.53. The van der Waals surface area contributed by atoms with Gasteiger partial charge in [-0.1, -0.05) is 26.0 Å². The first-order valence-electron chi connectivity index (χ1n) is 6.24. The molecule has 0 spiro atoms. The van der Waals surface area contributed by atoms with E-state index in [1.54, 1.807) is 24.3 Å². The molecule has 0 aliphatic carbocycles. The summed E-state index contributed by atoms with van der Waals surface area (Å²) in [6.07, 6.45) is 0.251. The minimum absolute atomic E-state index is 0.0214. The summed E-state index contributed by atoms with van der Waals surface area (Å²) in [5.74, 6) is -0.754. The van der Waals surface area contributed by atoms with Crippen molar-refractivity contribution in [1.29, 1.82) is 0 Å². The van der Waals surface area contributed by atoms with Crippen molar-refractivity contribution in [2.75, 3.05) is 5.32 Å². The largest absolute Gasteiger partial charge is 0.481 e. The van der Waals surface area contributed by atoms with Crippen LogP contribution >= 0.6 is 0 Å². The number of anilines is 1. The van der Waals surface area contributed by atoms with E-state index in [0.29, 0.717) is 11.3 Å². The smallest absolute Gasteiger partial charge is 0.307 e. The molecule has 0 radical (unpaired) electrons. The number of aliphatic carboxylic acids is 1. The van der Waals surface area contributed by atoms with Crippen LogP contribution in [0.5, 0.6) is 0 Å². The molecule has 1 atom stereocenters. The van der Waals surface area contributed by atoms with Gasteiger partial charge in [-0.2, -0.15) is 0 Å². The van der Waals surface area contributed by atoms with Crippen LogP contribution in [0.25, 0.3) is 0 Å². The molecule has 0 heterocycles. The topological polar surface area (TPSA) is 92.4 Å². The van der Waals surface area contributed by atoms with Gasteiger partial charge in [-0.25, -0.2) is 0 Å². The van der Waals surface area contributed by atoms with Gasteiger partial charge in [0.1, 0.15) is 0 Å². The zero-order chi connectivity index (χ0) is 14.4. The van der Waals surface area contributed by atoms with E-state index < -0.39 is 5.97 Å². The first-order valence-corrected chi connectivity index (χ1v) is 6.24. The molecule has 1 rings (SSSR count). The molecule has 0 bridgehead atoms. The number of hydrogen-bond acceptors (Lipinski definition) is 3. The molecule has 1 unspecified atom stereocenters. The van der Waals surface area contributed by atoms with Crippen LogP contribution in [-0.4, -0.2) is 23.0 Å². The Morgan fingerprint density at radius 1 is 1.26 bits per heavy atom. The lowest BCUT2D eigenvalue weighted by Gasteiger charge is -2.15. The highest BCUT2D eigenvalue weighted by Crippen LogP contribution is 2.11. The summed E-state index contributed by atoms with van der Waals surface area (Å²) in [5, 5.41) is 11.4. The molecule has 5 nitrogen and oxygen atoms in total. The van der Waals surface area contributed by atoms with Crippen molar-refractivity contribution >= 4 is 17.6 Å². The lowest BCUT2D eigenvalue weighted by Crippen LogP contribution is -2.31. The van der Waals surface area contributed by atoms with Gasteiger partial charge in [0.05, 0.1) is 6.42 Å². The Hall–Kier alpha value is -1.88. The molecule has 1 aromatic carbocycles. The van der Waals surface area contributed by atoms with Crippen LogP contribution in [-0.2, 0) is 16.0 Å². The molecule has 19 heavy (non-hydrogen) atoms. The fraction of sp³-hybridized carbons (Fsp3) is 0.429. The summed E-state index contributed by atoms with van der Waals surface area (Å²) in [4.78, 5) is 22.2. The number of benzene rings is 1. The van der Waals surface area contributed by atoms with Gasteiger partial charge < -0.3 is 16.2 Å². The molecule has 0 aromatic heterocycles. The van der Waals surface area contributed by atoms with Crippen molar-refractivity contribution in [2.45, 2.75) is 32.7 Å². The first-order chi connectivity index (χ1) is 8.88. The second-order valence-corrected chi connectivity index (χ2v) is 4.93. The van der Waals surface area contributed by atoms with E-state index >= 15 is 0 Å². The summed E-state index contributed by atoms with van der Waals surface area (Å²) in [5.41, 5.74) is 7.17. The minimum Gasteiger partial charge on any atom is -0.481 e. The molecule has 0 fully saturated rings. The zero-order valence-corrected chi connectivity index (χ0v) is 11.2. The van der Waals surface area contributed by atoms with Crippen LogP contribution in [0, 0.1) is 5.92 Å².